The first-order valence-corrected chi connectivity index (χ1v) is 7.21. The molecule has 18 heavy (non-hydrogen) atoms. The van der Waals surface area contributed by atoms with Gasteiger partial charge in [-0.1, -0.05) is 25.1 Å². The summed E-state index contributed by atoms with van der Waals surface area (Å²) in [5.74, 6) is 2.54. The van der Waals surface area contributed by atoms with Gasteiger partial charge in [0.1, 0.15) is 11.9 Å². The van der Waals surface area contributed by atoms with Crippen LogP contribution in [0, 0.1) is 11.8 Å². The number of fused-ring (bicyclic) bond motifs is 2. The average molecular weight is 246 g/mol. The summed E-state index contributed by atoms with van der Waals surface area (Å²) >= 11 is 0. The van der Waals surface area contributed by atoms with Crippen LogP contribution in [-0.2, 0) is 0 Å². The SMILES string of the molecule is CC[C@@H](O)c1ccccc1OC1CC2CCC1C2. The molecule has 1 aromatic carbocycles. The molecule has 0 amide bonds. The zero-order valence-electron chi connectivity index (χ0n) is 11.0. The highest BCUT2D eigenvalue weighted by Gasteiger charge is 2.41. The van der Waals surface area contributed by atoms with E-state index in [1.807, 2.05) is 31.2 Å². The third-order valence-electron chi connectivity index (χ3n) is 4.62. The minimum Gasteiger partial charge on any atom is -0.490 e. The van der Waals surface area contributed by atoms with Crippen molar-refractivity contribution in [3.05, 3.63) is 29.8 Å². The van der Waals surface area contributed by atoms with Gasteiger partial charge in [0.2, 0.25) is 0 Å². The lowest BCUT2D eigenvalue weighted by Crippen LogP contribution is -2.24. The molecule has 4 atom stereocenters. The Labute approximate surface area is 109 Å². The Balaban J connectivity index is 1.76. The molecular formula is C16H22O2. The van der Waals surface area contributed by atoms with Crippen molar-refractivity contribution in [3.8, 4) is 5.75 Å². The molecule has 1 aromatic rings. The van der Waals surface area contributed by atoms with Crippen molar-refractivity contribution in [2.45, 2.75) is 51.2 Å². The first-order valence-electron chi connectivity index (χ1n) is 7.21. The third-order valence-corrected chi connectivity index (χ3v) is 4.62. The predicted molar refractivity (Wildman–Crippen MR) is 71.6 cm³/mol. The van der Waals surface area contributed by atoms with Crippen molar-refractivity contribution in [2.24, 2.45) is 11.8 Å². The normalized spacial score (nSPS) is 31.6. The second-order valence-electron chi connectivity index (χ2n) is 5.79. The van der Waals surface area contributed by atoms with Crippen LogP contribution in [0.1, 0.15) is 50.7 Å². The number of aliphatic hydroxyl groups excluding tert-OH is 1. The highest BCUT2D eigenvalue weighted by molar-refractivity contribution is 5.35. The molecule has 2 nitrogen and oxygen atoms in total. The van der Waals surface area contributed by atoms with Crippen molar-refractivity contribution in [1.29, 1.82) is 0 Å². The molecule has 1 N–H and O–H groups in total. The fourth-order valence-electron chi connectivity index (χ4n) is 3.58. The highest BCUT2D eigenvalue weighted by atomic mass is 16.5. The first-order chi connectivity index (χ1) is 8.78. The van der Waals surface area contributed by atoms with Gasteiger partial charge in [0.25, 0.3) is 0 Å². The number of para-hydroxylation sites is 1. The Morgan fingerprint density at radius 2 is 2.11 bits per heavy atom. The molecule has 0 saturated heterocycles. The second kappa shape index (κ2) is 4.93. The zero-order valence-corrected chi connectivity index (χ0v) is 11.0. The van der Waals surface area contributed by atoms with Crippen molar-refractivity contribution in [2.75, 3.05) is 0 Å². The van der Waals surface area contributed by atoms with Gasteiger partial charge in [-0.2, -0.15) is 0 Å². The molecule has 98 valence electrons. The van der Waals surface area contributed by atoms with Gasteiger partial charge in [-0.3, -0.25) is 0 Å². The Morgan fingerprint density at radius 1 is 1.28 bits per heavy atom. The zero-order chi connectivity index (χ0) is 12.5. The van der Waals surface area contributed by atoms with Gasteiger partial charge in [0.05, 0.1) is 6.10 Å². The van der Waals surface area contributed by atoms with Crippen molar-refractivity contribution >= 4 is 0 Å². The Morgan fingerprint density at radius 3 is 2.78 bits per heavy atom. The second-order valence-corrected chi connectivity index (χ2v) is 5.79. The van der Waals surface area contributed by atoms with E-state index < -0.39 is 6.10 Å². The standard InChI is InChI=1S/C16H22O2/c1-2-14(17)13-5-3-4-6-15(13)18-16-10-11-7-8-12(16)9-11/h3-6,11-12,14,16-17H,2,7-10H2,1H3/t11?,12?,14-,16?/m1/s1. The monoisotopic (exact) mass is 246 g/mol. The lowest BCUT2D eigenvalue weighted by atomic mass is 9.97. The Bertz CT molecular complexity index is 415. The van der Waals surface area contributed by atoms with E-state index in [2.05, 4.69) is 0 Å². The molecule has 2 bridgehead atoms. The van der Waals surface area contributed by atoms with Gasteiger partial charge < -0.3 is 9.84 Å². The quantitative estimate of drug-likeness (QED) is 0.877. The van der Waals surface area contributed by atoms with Gasteiger partial charge in [-0.15, -0.1) is 0 Å². The van der Waals surface area contributed by atoms with Crippen LogP contribution in [0.3, 0.4) is 0 Å². The Kier molecular flexibility index (Phi) is 3.29. The molecule has 3 unspecified atom stereocenters. The summed E-state index contributed by atoms with van der Waals surface area (Å²) in [6.07, 6.45) is 5.99. The van der Waals surface area contributed by atoms with Gasteiger partial charge >= 0.3 is 0 Å². The molecule has 3 rings (SSSR count). The smallest absolute Gasteiger partial charge is 0.125 e. The van der Waals surface area contributed by atoms with Crippen LogP contribution in [0.4, 0.5) is 0 Å². The molecule has 0 heterocycles. The van der Waals surface area contributed by atoms with Crippen LogP contribution in [0.5, 0.6) is 5.75 Å². The summed E-state index contributed by atoms with van der Waals surface area (Å²) in [6, 6.07) is 7.95. The lowest BCUT2D eigenvalue weighted by molar-refractivity contribution is 0.124. The maximum Gasteiger partial charge on any atom is 0.125 e. The van der Waals surface area contributed by atoms with Crippen LogP contribution in [0.2, 0.25) is 0 Å². The molecule has 0 radical (unpaired) electrons. The van der Waals surface area contributed by atoms with Gasteiger partial charge in [-0.05, 0) is 50.0 Å². The first kappa shape index (κ1) is 12.0. The van der Waals surface area contributed by atoms with E-state index in [-0.39, 0.29) is 0 Å². The summed E-state index contributed by atoms with van der Waals surface area (Å²) in [5.41, 5.74) is 0.947. The summed E-state index contributed by atoms with van der Waals surface area (Å²) in [7, 11) is 0. The molecule has 0 aromatic heterocycles. The molecule has 2 aliphatic carbocycles. The Hall–Kier alpha value is -1.02. The van der Waals surface area contributed by atoms with E-state index >= 15 is 0 Å². The fraction of sp³-hybridized carbons (Fsp3) is 0.625. The van der Waals surface area contributed by atoms with Gasteiger partial charge in [-0.25, -0.2) is 0 Å². The maximum atomic E-state index is 10.0. The van der Waals surface area contributed by atoms with Crippen molar-refractivity contribution in [3.63, 3.8) is 0 Å². The highest BCUT2D eigenvalue weighted by Crippen LogP contribution is 2.46. The van der Waals surface area contributed by atoms with Crippen molar-refractivity contribution in [1.82, 2.24) is 0 Å². The fourth-order valence-corrected chi connectivity index (χ4v) is 3.58. The maximum absolute atomic E-state index is 10.0. The summed E-state index contributed by atoms with van der Waals surface area (Å²) in [6.45, 7) is 2.00. The lowest BCUT2D eigenvalue weighted by Gasteiger charge is -2.25. The summed E-state index contributed by atoms with van der Waals surface area (Å²) in [4.78, 5) is 0. The average Bonchev–Trinajstić information content (AvgIpc) is 3.01. The predicted octanol–water partition coefficient (Wildman–Crippen LogP) is 3.70. The molecule has 0 spiro atoms. The van der Waals surface area contributed by atoms with Crippen LogP contribution in [-0.4, -0.2) is 11.2 Å². The van der Waals surface area contributed by atoms with Crippen LogP contribution < -0.4 is 4.74 Å². The van der Waals surface area contributed by atoms with E-state index in [1.54, 1.807) is 0 Å². The van der Waals surface area contributed by atoms with Crippen LogP contribution in [0.15, 0.2) is 24.3 Å². The third kappa shape index (κ3) is 2.14. The van der Waals surface area contributed by atoms with Crippen LogP contribution >= 0.6 is 0 Å². The van der Waals surface area contributed by atoms with E-state index in [0.29, 0.717) is 6.10 Å². The molecule has 0 aliphatic heterocycles. The van der Waals surface area contributed by atoms with Gasteiger partial charge in [0.15, 0.2) is 0 Å². The molecule has 2 heteroatoms. The largest absolute Gasteiger partial charge is 0.490 e. The van der Waals surface area contributed by atoms with E-state index in [0.717, 1.165) is 29.6 Å². The number of ether oxygens (including phenoxy) is 1. The van der Waals surface area contributed by atoms with E-state index in [9.17, 15) is 5.11 Å². The molecular weight excluding hydrogens is 224 g/mol. The number of aliphatic hydroxyl groups is 1. The molecule has 2 fully saturated rings. The topological polar surface area (TPSA) is 29.5 Å². The van der Waals surface area contributed by atoms with Gasteiger partial charge in [0, 0.05) is 5.56 Å². The van der Waals surface area contributed by atoms with E-state index in [1.165, 1.54) is 25.7 Å². The van der Waals surface area contributed by atoms with Crippen molar-refractivity contribution < 1.29 is 9.84 Å². The number of benzene rings is 1. The number of hydrogen-bond acceptors (Lipinski definition) is 2. The molecule has 2 aliphatic rings. The minimum atomic E-state index is -0.403. The number of hydrogen-bond donors (Lipinski definition) is 1. The summed E-state index contributed by atoms with van der Waals surface area (Å²) in [5, 5.41) is 10.0. The summed E-state index contributed by atoms with van der Waals surface area (Å²) < 4.78 is 6.20. The number of rotatable bonds is 4. The van der Waals surface area contributed by atoms with E-state index in [4.69, 9.17) is 4.74 Å². The minimum absolute atomic E-state index is 0.383. The van der Waals surface area contributed by atoms with Crippen LogP contribution in [0.25, 0.3) is 0 Å². The molecule has 2 saturated carbocycles.